The molecule has 0 bridgehead atoms. The summed E-state index contributed by atoms with van der Waals surface area (Å²) in [5, 5.41) is 24.7. The standard InChI is InChI=1S/C20H20FN5O2S/c1-12-18(10-23)29-20(25-12)14-4-3-13(16(21)8-14)7-15(9-22)26-19(27)17-11-24-5-2-6-28-17/h3-4,8,15,17,24H,2,5-7,11H2,1H3,(H,26,27). The highest BCUT2D eigenvalue weighted by Crippen LogP contribution is 2.28. The summed E-state index contributed by atoms with van der Waals surface area (Å²) in [6.45, 7) is 3.36. The number of hydrogen-bond acceptors (Lipinski definition) is 7. The molecule has 1 fully saturated rings. The van der Waals surface area contributed by atoms with E-state index in [1.807, 2.05) is 6.07 Å². The lowest BCUT2D eigenvalue weighted by molar-refractivity contribution is -0.132. The summed E-state index contributed by atoms with van der Waals surface area (Å²) in [6, 6.07) is 7.81. The number of hydrogen-bond donors (Lipinski definition) is 2. The van der Waals surface area contributed by atoms with Gasteiger partial charge in [0.25, 0.3) is 5.91 Å². The lowest BCUT2D eigenvalue weighted by Crippen LogP contribution is -2.46. The predicted octanol–water partition coefficient (Wildman–Crippen LogP) is 2.06. The number of benzene rings is 1. The molecule has 2 aromatic rings. The van der Waals surface area contributed by atoms with E-state index in [-0.39, 0.29) is 12.3 Å². The first-order valence-electron chi connectivity index (χ1n) is 9.20. The Hall–Kier alpha value is -2.85. The van der Waals surface area contributed by atoms with Crippen LogP contribution in [0.25, 0.3) is 10.6 Å². The van der Waals surface area contributed by atoms with Gasteiger partial charge in [-0.3, -0.25) is 4.79 Å². The van der Waals surface area contributed by atoms with E-state index >= 15 is 0 Å². The van der Waals surface area contributed by atoms with E-state index in [1.165, 1.54) is 17.4 Å². The molecule has 2 unspecified atom stereocenters. The van der Waals surface area contributed by atoms with Crippen LogP contribution in [-0.2, 0) is 16.0 Å². The SMILES string of the molecule is Cc1nc(-c2ccc(CC(C#N)NC(=O)C3CNCCCO3)c(F)c2)sc1C#N. The zero-order chi connectivity index (χ0) is 20.8. The Bertz CT molecular complexity index is 970. The Morgan fingerprint density at radius 3 is 3.03 bits per heavy atom. The normalized spacial score (nSPS) is 17.6. The van der Waals surface area contributed by atoms with Gasteiger partial charge in [0, 0.05) is 25.1 Å². The number of amides is 1. The van der Waals surface area contributed by atoms with Crippen molar-refractivity contribution in [2.45, 2.75) is 31.9 Å². The van der Waals surface area contributed by atoms with Crippen molar-refractivity contribution >= 4 is 17.2 Å². The molecule has 0 saturated carbocycles. The fourth-order valence-corrected chi connectivity index (χ4v) is 3.83. The number of aromatic nitrogens is 1. The lowest BCUT2D eigenvalue weighted by atomic mass is 10.0. The molecule has 150 valence electrons. The molecule has 29 heavy (non-hydrogen) atoms. The number of aryl methyl sites for hydroxylation is 1. The quantitative estimate of drug-likeness (QED) is 0.776. The summed E-state index contributed by atoms with van der Waals surface area (Å²) in [4.78, 5) is 17.1. The van der Waals surface area contributed by atoms with Crippen molar-refractivity contribution in [3.05, 3.63) is 40.2 Å². The third-order valence-electron chi connectivity index (χ3n) is 4.53. The molecule has 0 spiro atoms. The average Bonchev–Trinajstić information content (AvgIpc) is 2.91. The van der Waals surface area contributed by atoms with Gasteiger partial charge >= 0.3 is 0 Å². The minimum absolute atomic E-state index is 0.0366. The molecule has 1 amide bonds. The zero-order valence-corrected chi connectivity index (χ0v) is 16.7. The summed E-state index contributed by atoms with van der Waals surface area (Å²) in [7, 11) is 0. The lowest BCUT2D eigenvalue weighted by Gasteiger charge is -2.18. The van der Waals surface area contributed by atoms with E-state index in [1.54, 1.807) is 19.1 Å². The number of ether oxygens (including phenoxy) is 1. The Kier molecular flexibility index (Phi) is 6.89. The molecule has 2 atom stereocenters. The second-order valence-electron chi connectivity index (χ2n) is 6.66. The average molecular weight is 413 g/mol. The molecule has 2 heterocycles. The molecule has 7 nitrogen and oxygen atoms in total. The Morgan fingerprint density at radius 1 is 1.52 bits per heavy atom. The second kappa shape index (κ2) is 9.57. The summed E-state index contributed by atoms with van der Waals surface area (Å²) >= 11 is 1.20. The van der Waals surface area contributed by atoms with Crippen molar-refractivity contribution in [3.8, 4) is 22.7 Å². The minimum atomic E-state index is -0.873. The van der Waals surface area contributed by atoms with Crippen molar-refractivity contribution in [2.75, 3.05) is 19.7 Å². The first-order valence-corrected chi connectivity index (χ1v) is 10.0. The molecule has 2 N–H and O–H groups in total. The van der Waals surface area contributed by atoms with Crippen LogP contribution in [0.3, 0.4) is 0 Å². The first kappa shape index (κ1) is 20.9. The molecule has 1 aliphatic heterocycles. The fourth-order valence-electron chi connectivity index (χ4n) is 2.97. The number of nitrogens with zero attached hydrogens (tertiary/aromatic N) is 3. The fraction of sp³-hybridized carbons (Fsp3) is 0.400. The highest BCUT2D eigenvalue weighted by Gasteiger charge is 2.24. The molecular formula is C20H20FN5O2S. The number of halogens is 1. The van der Waals surface area contributed by atoms with E-state index < -0.39 is 18.0 Å². The van der Waals surface area contributed by atoms with Crippen molar-refractivity contribution in [1.82, 2.24) is 15.6 Å². The van der Waals surface area contributed by atoms with Crippen molar-refractivity contribution in [3.63, 3.8) is 0 Å². The van der Waals surface area contributed by atoms with E-state index in [9.17, 15) is 14.4 Å². The van der Waals surface area contributed by atoms with Crippen molar-refractivity contribution < 1.29 is 13.9 Å². The maximum atomic E-state index is 14.6. The summed E-state index contributed by atoms with van der Waals surface area (Å²) in [5.41, 5.74) is 1.49. The third-order valence-corrected chi connectivity index (χ3v) is 5.64. The van der Waals surface area contributed by atoms with Gasteiger partial charge in [-0.15, -0.1) is 11.3 Å². The van der Waals surface area contributed by atoms with Crippen LogP contribution in [0.1, 0.15) is 22.6 Å². The Labute approximate surface area is 172 Å². The van der Waals surface area contributed by atoms with E-state index in [2.05, 4.69) is 21.7 Å². The van der Waals surface area contributed by atoms with Gasteiger partial charge in [0.05, 0.1) is 11.8 Å². The molecule has 1 saturated heterocycles. The van der Waals surface area contributed by atoms with Crippen LogP contribution in [0.2, 0.25) is 0 Å². The molecule has 1 aromatic heterocycles. The number of carbonyl (C=O) groups excluding carboxylic acids is 1. The van der Waals surface area contributed by atoms with Crippen molar-refractivity contribution in [1.29, 1.82) is 10.5 Å². The highest BCUT2D eigenvalue weighted by molar-refractivity contribution is 7.15. The van der Waals surface area contributed by atoms with Gasteiger partial charge in [-0.25, -0.2) is 9.37 Å². The molecular weight excluding hydrogens is 393 g/mol. The van der Waals surface area contributed by atoms with Crippen LogP contribution in [0.15, 0.2) is 18.2 Å². The number of thiazole rings is 1. The maximum Gasteiger partial charge on any atom is 0.251 e. The predicted molar refractivity (Wildman–Crippen MR) is 105 cm³/mol. The molecule has 1 aromatic carbocycles. The van der Waals surface area contributed by atoms with Gasteiger partial charge < -0.3 is 15.4 Å². The molecule has 0 radical (unpaired) electrons. The van der Waals surface area contributed by atoms with Crippen LogP contribution in [0, 0.1) is 35.4 Å². The second-order valence-corrected chi connectivity index (χ2v) is 7.66. The smallest absolute Gasteiger partial charge is 0.251 e. The zero-order valence-electron chi connectivity index (χ0n) is 15.9. The number of rotatable bonds is 5. The molecule has 1 aliphatic rings. The van der Waals surface area contributed by atoms with Crippen LogP contribution in [0.4, 0.5) is 4.39 Å². The highest BCUT2D eigenvalue weighted by atomic mass is 32.1. The minimum Gasteiger partial charge on any atom is -0.367 e. The van der Waals surface area contributed by atoms with Gasteiger partial charge in [-0.2, -0.15) is 10.5 Å². The Balaban J connectivity index is 1.68. The number of carbonyl (C=O) groups is 1. The van der Waals surface area contributed by atoms with Gasteiger partial charge in [0.1, 0.15) is 33.9 Å². The van der Waals surface area contributed by atoms with Gasteiger partial charge in [-0.05, 0) is 31.5 Å². The van der Waals surface area contributed by atoms with E-state index in [0.29, 0.717) is 39.9 Å². The Morgan fingerprint density at radius 2 is 2.34 bits per heavy atom. The number of nitriles is 2. The number of nitrogens with one attached hydrogen (secondary N) is 2. The monoisotopic (exact) mass is 413 g/mol. The van der Waals surface area contributed by atoms with Crippen molar-refractivity contribution in [2.24, 2.45) is 0 Å². The van der Waals surface area contributed by atoms with Crippen LogP contribution in [-0.4, -0.2) is 42.7 Å². The first-order chi connectivity index (χ1) is 14.0. The van der Waals surface area contributed by atoms with Crippen LogP contribution < -0.4 is 10.6 Å². The van der Waals surface area contributed by atoms with Gasteiger partial charge in [-0.1, -0.05) is 12.1 Å². The largest absolute Gasteiger partial charge is 0.367 e. The van der Waals surface area contributed by atoms with Gasteiger partial charge in [0.2, 0.25) is 0 Å². The maximum absolute atomic E-state index is 14.6. The summed E-state index contributed by atoms with van der Waals surface area (Å²) in [6.07, 6.45) is 0.190. The van der Waals surface area contributed by atoms with Crippen LogP contribution >= 0.6 is 11.3 Å². The van der Waals surface area contributed by atoms with E-state index in [0.717, 1.165) is 13.0 Å². The topological polar surface area (TPSA) is 111 Å². The molecule has 9 heteroatoms. The molecule has 3 rings (SSSR count). The molecule has 0 aliphatic carbocycles. The van der Waals surface area contributed by atoms with E-state index in [4.69, 9.17) is 10.00 Å². The van der Waals surface area contributed by atoms with Gasteiger partial charge in [0.15, 0.2) is 0 Å². The third kappa shape index (κ3) is 5.15. The summed E-state index contributed by atoms with van der Waals surface area (Å²) in [5.74, 6) is -0.874. The van der Waals surface area contributed by atoms with Crippen LogP contribution in [0.5, 0.6) is 0 Å². The summed E-state index contributed by atoms with van der Waals surface area (Å²) < 4.78 is 20.1.